The number of benzene rings is 12. The van der Waals surface area contributed by atoms with Crippen LogP contribution in [0.2, 0.25) is 0 Å². The number of hydrogen-bond donors (Lipinski definition) is 2. The van der Waals surface area contributed by atoms with Crippen LogP contribution in [0.5, 0.6) is 5.75 Å². The number of anilines is 1. The number of para-hydroxylation sites is 3. The molecule has 15 rings (SSSR count). The molecular weight excluding hydrogens is 1460 g/mol. The van der Waals surface area contributed by atoms with Crippen LogP contribution in [-0.2, 0) is 32.0 Å². The Balaban J connectivity index is 0.000000163. The van der Waals surface area contributed by atoms with Crippen molar-refractivity contribution in [3.05, 3.63) is 409 Å². The summed E-state index contributed by atoms with van der Waals surface area (Å²) in [5.74, 6) is 2.76. The number of ether oxygens (including phenoxy) is 4. The number of rotatable bonds is 15. The highest BCUT2D eigenvalue weighted by Gasteiger charge is 2.20. The first-order valence-corrected chi connectivity index (χ1v) is 39.5. The summed E-state index contributed by atoms with van der Waals surface area (Å²) in [5.41, 5.74) is 31.5. The number of hydrogen-bond acceptors (Lipinski definition) is 8. The Bertz CT molecular complexity index is 5210. The molecule has 6 atom stereocenters. The van der Waals surface area contributed by atoms with E-state index >= 15 is 0 Å². The normalized spacial score (nSPS) is 13.7. The molecule has 578 valence electrons. The van der Waals surface area contributed by atoms with Gasteiger partial charge >= 0.3 is 0 Å². The summed E-state index contributed by atoms with van der Waals surface area (Å²) in [6.45, 7) is 28.9. The van der Waals surface area contributed by atoms with Gasteiger partial charge in [-0.2, -0.15) is 0 Å². The predicted octanol–water partition coefficient (Wildman–Crippen LogP) is 28.3. The molecule has 10 nitrogen and oxygen atoms in total. The molecule has 1 aromatic heterocycles. The van der Waals surface area contributed by atoms with Gasteiger partial charge in [-0.25, -0.2) is 0 Å². The van der Waals surface area contributed by atoms with Gasteiger partial charge in [0.1, 0.15) is 12.4 Å². The highest BCUT2D eigenvalue weighted by molar-refractivity contribution is 9.10. The highest BCUT2D eigenvalue weighted by Crippen LogP contribution is 2.37. The molecule has 3 unspecified atom stereocenters. The number of phenolic OH excluding ortho intramolecular Hbond substituents is 1. The number of aryl methyl sites for hydroxylation is 4. The predicted molar refractivity (Wildman–Crippen MR) is 478 cm³/mol. The van der Waals surface area contributed by atoms with Gasteiger partial charge < -0.3 is 29.4 Å². The van der Waals surface area contributed by atoms with Crippen LogP contribution in [0.1, 0.15) is 169 Å². The SMILES string of the molecule is C#CCOC(C)c1ccccc1C.C=Cc1ccccc1Br.CC1OCc2ccccc2-c2ccccc21.CCC1=CCOC(C)c2ccccc21.C[C@@H](OCCc1ccccc1)c1ccccc1O.Cc1ccccc1[C@@H](C)Nc1ccccc1.Cc1ccccc1[C@H](C)N=[N+]=[N-].Cc1nc2ccccc2c2ccccc12. The lowest BCUT2D eigenvalue weighted by Crippen LogP contribution is -2.07. The Morgan fingerprint density at radius 2 is 1.06 bits per heavy atom. The van der Waals surface area contributed by atoms with Gasteiger partial charge in [0.25, 0.3) is 0 Å². The lowest BCUT2D eigenvalue weighted by molar-refractivity contribution is 0.0551. The number of azide groups is 1. The van der Waals surface area contributed by atoms with Gasteiger partial charge in [0.15, 0.2) is 0 Å². The van der Waals surface area contributed by atoms with Crippen molar-refractivity contribution >= 4 is 54.9 Å². The Hall–Kier alpha value is -11.4. The summed E-state index contributed by atoms with van der Waals surface area (Å²) in [6.07, 6.45) is 11.5. The standard InChI is InChI=1S/C16H18O2.C15H17N.C15H14O.C14H11N.C13H16O.C12H14O.C9H11N3.C8H7Br/c1-13(15-9-5-6-10-16(15)17)18-12-11-14-7-3-2-4-8-14;1-12-8-6-7-11-15(12)13(2)16-14-9-4-3-5-10-14;1-11-13-7-4-5-9-15(13)14-8-3-2-6-12(14)10-16-11;1-10-11-6-2-3-7-12(11)13-8-4-5-9-14(13)15-10;1-3-11-8-9-14-10(2)12-6-4-5-7-13(11)12;1-4-9-13-11(3)12-8-6-5-7-10(12)2;1-7-5-3-4-6-9(7)8(2)11-12-10;1-2-7-5-3-4-6-8(7)9/h2-10,13,17H,11-12H2,1H3;3-11,13,16H,1-2H3;2-9,11H,10H2,1H3;2-9H,1H3;4-8,10H,3,9H2,1-2H3;1,5-8,11H,9H2,2-3H3;3-6,8H,1-2H3;2-6H,1H2/t2*13-;;;;;8-;/m11....0./s1. The van der Waals surface area contributed by atoms with Crippen molar-refractivity contribution in [3.8, 4) is 29.2 Å². The Morgan fingerprint density at radius 1 is 0.566 bits per heavy atom. The third-order valence-corrected chi connectivity index (χ3v) is 20.3. The lowest BCUT2D eigenvalue weighted by Gasteiger charge is -2.17. The Kier molecular flexibility index (Phi) is 36.3. The van der Waals surface area contributed by atoms with Crippen molar-refractivity contribution in [1.82, 2.24) is 4.98 Å². The number of nitrogens with zero attached hydrogens (tertiary/aromatic N) is 4. The zero-order chi connectivity index (χ0) is 80.7. The minimum absolute atomic E-state index is 0.0730. The van der Waals surface area contributed by atoms with E-state index in [1.54, 1.807) is 6.07 Å². The average molecular weight is 1560 g/mol. The monoisotopic (exact) mass is 1560 g/mol. The van der Waals surface area contributed by atoms with Crippen LogP contribution >= 0.6 is 15.9 Å². The van der Waals surface area contributed by atoms with Crippen LogP contribution < -0.4 is 5.32 Å². The van der Waals surface area contributed by atoms with E-state index in [1.165, 1.54) is 88.6 Å². The fourth-order valence-electron chi connectivity index (χ4n) is 13.4. The minimum atomic E-state index is -0.0880. The third kappa shape index (κ3) is 26.9. The topological polar surface area (TPSA) is 131 Å². The molecule has 0 spiro atoms. The molecule has 12 aromatic carbocycles. The molecule has 0 fully saturated rings. The molecule has 13 aromatic rings. The lowest BCUT2D eigenvalue weighted by atomic mass is 9.95. The molecule has 0 saturated carbocycles. The number of terminal acetylenes is 1. The van der Waals surface area contributed by atoms with E-state index in [-0.39, 0.29) is 30.5 Å². The van der Waals surface area contributed by atoms with Gasteiger partial charge in [-0.15, -0.1) is 6.42 Å². The van der Waals surface area contributed by atoms with Gasteiger partial charge in [0.05, 0.1) is 55.8 Å². The molecule has 0 aliphatic carbocycles. The second kappa shape index (κ2) is 47.1. The van der Waals surface area contributed by atoms with Crippen LogP contribution in [0.15, 0.2) is 326 Å². The molecule has 113 heavy (non-hydrogen) atoms. The maximum Gasteiger partial charge on any atom is 0.121 e. The number of fused-ring (bicyclic) bond motifs is 7. The number of aromatic nitrogens is 1. The van der Waals surface area contributed by atoms with Gasteiger partial charge in [-0.05, 0) is 200 Å². The van der Waals surface area contributed by atoms with Crippen molar-refractivity contribution in [1.29, 1.82) is 0 Å². The number of allylic oxidation sites excluding steroid dienone is 1. The summed E-state index contributed by atoms with van der Waals surface area (Å²) in [7, 11) is 0. The molecule has 0 radical (unpaired) electrons. The minimum Gasteiger partial charge on any atom is -0.508 e. The van der Waals surface area contributed by atoms with Crippen LogP contribution in [0, 0.1) is 40.0 Å². The summed E-state index contributed by atoms with van der Waals surface area (Å²) in [6, 6.07) is 103. The molecule has 0 amide bonds. The van der Waals surface area contributed by atoms with Gasteiger partial charge in [-0.3, -0.25) is 4.98 Å². The molecule has 2 aliphatic rings. The first-order valence-electron chi connectivity index (χ1n) is 38.7. The van der Waals surface area contributed by atoms with E-state index in [2.05, 4.69) is 279 Å². The molecule has 2 aliphatic heterocycles. The highest BCUT2D eigenvalue weighted by atomic mass is 79.9. The third-order valence-electron chi connectivity index (χ3n) is 19.6. The van der Waals surface area contributed by atoms with Crippen LogP contribution in [0.25, 0.3) is 54.9 Å². The Morgan fingerprint density at radius 3 is 1.67 bits per heavy atom. The maximum absolute atomic E-state index is 9.72. The van der Waals surface area contributed by atoms with Crippen molar-refractivity contribution in [2.75, 3.05) is 25.1 Å². The van der Waals surface area contributed by atoms with Crippen molar-refractivity contribution < 1.29 is 24.1 Å². The first kappa shape index (κ1) is 87.2. The van der Waals surface area contributed by atoms with E-state index in [9.17, 15) is 5.11 Å². The quantitative estimate of drug-likeness (QED) is 0.0344. The zero-order valence-corrected chi connectivity index (χ0v) is 68.8. The number of phenols is 1. The van der Waals surface area contributed by atoms with Crippen LogP contribution in [0.4, 0.5) is 5.69 Å². The van der Waals surface area contributed by atoms with Crippen LogP contribution in [-0.4, -0.2) is 29.9 Å². The smallest absolute Gasteiger partial charge is 0.121 e. The number of nitrogens with one attached hydrogen (secondary N) is 1. The second-order valence-electron chi connectivity index (χ2n) is 27.5. The summed E-state index contributed by atoms with van der Waals surface area (Å²) in [5, 5.41) is 20.6. The second-order valence-corrected chi connectivity index (χ2v) is 28.3. The largest absolute Gasteiger partial charge is 0.508 e. The first-order chi connectivity index (χ1) is 54.9. The van der Waals surface area contributed by atoms with E-state index in [0.29, 0.717) is 31.6 Å². The number of aromatic hydroxyl groups is 1. The molecular formula is C102H108BrN5O5. The number of pyridine rings is 1. The van der Waals surface area contributed by atoms with E-state index in [1.807, 2.05) is 155 Å². The van der Waals surface area contributed by atoms with Gasteiger partial charge in [0, 0.05) is 43.1 Å². The fraction of sp³-hybridized carbons (Fsp3) is 0.225. The number of halogens is 1. The van der Waals surface area contributed by atoms with Crippen molar-refractivity contribution in [2.24, 2.45) is 5.11 Å². The van der Waals surface area contributed by atoms with Crippen molar-refractivity contribution in [3.63, 3.8) is 0 Å². The summed E-state index contributed by atoms with van der Waals surface area (Å²) < 4.78 is 23.8. The van der Waals surface area contributed by atoms with Crippen LogP contribution in [0.3, 0.4) is 0 Å². The molecule has 2 N–H and O–H groups in total. The molecule has 0 saturated heterocycles. The van der Waals surface area contributed by atoms with Gasteiger partial charge in [-0.1, -0.05) is 333 Å². The maximum atomic E-state index is 9.72. The molecule has 0 bridgehead atoms. The molecule has 11 heteroatoms. The summed E-state index contributed by atoms with van der Waals surface area (Å²) in [4.78, 5) is 7.38. The van der Waals surface area contributed by atoms with Gasteiger partial charge in [0.2, 0.25) is 0 Å². The van der Waals surface area contributed by atoms with E-state index in [4.69, 9.17) is 30.9 Å². The van der Waals surface area contributed by atoms with E-state index in [0.717, 1.165) is 57.4 Å². The zero-order valence-electron chi connectivity index (χ0n) is 67.3. The molecule has 3 heterocycles. The average Bonchev–Trinajstić information content (AvgIpc) is 1.21. The van der Waals surface area contributed by atoms with Crippen molar-refractivity contribution in [2.45, 2.75) is 132 Å². The van der Waals surface area contributed by atoms with E-state index < -0.39 is 0 Å². The Labute approximate surface area is 680 Å². The summed E-state index contributed by atoms with van der Waals surface area (Å²) >= 11 is 3.39. The fourth-order valence-corrected chi connectivity index (χ4v) is 13.8.